The summed E-state index contributed by atoms with van der Waals surface area (Å²) in [6.45, 7) is 8.72. The van der Waals surface area contributed by atoms with Crippen molar-refractivity contribution < 1.29 is 28.6 Å². The molecule has 214 valence electrons. The number of ether oxygens (including phenoxy) is 3. The first kappa shape index (κ1) is 28.8. The Morgan fingerprint density at radius 1 is 1.18 bits per heavy atom. The standard InChI is InChI=1S/C29H42N4O6/c1-7-38-26(36)29-17-18(29)12-10-8-9-11-13-33(5)25(35)21-15-19(14-20(21)24(34)32-29)39-23-16-22(28(2,3)4)30-27(31-23)37-6/h10,12,16,18-21H,7-9,11,13-15,17H2,1-6H3,(H,32,34). The quantitative estimate of drug-likeness (QED) is 0.445. The summed E-state index contributed by atoms with van der Waals surface area (Å²) in [5.74, 6) is -1.80. The van der Waals surface area contributed by atoms with Crippen molar-refractivity contribution in [3.05, 3.63) is 23.9 Å². The Bertz CT molecular complexity index is 1120. The molecule has 2 aliphatic carbocycles. The lowest BCUT2D eigenvalue weighted by atomic mass is 9.92. The Morgan fingerprint density at radius 3 is 2.62 bits per heavy atom. The van der Waals surface area contributed by atoms with Crippen LogP contribution >= 0.6 is 0 Å². The molecule has 0 saturated heterocycles. The van der Waals surface area contributed by atoms with Crippen molar-refractivity contribution in [1.82, 2.24) is 20.2 Å². The minimum Gasteiger partial charge on any atom is -0.474 e. The lowest BCUT2D eigenvalue weighted by Crippen LogP contribution is -2.50. The molecular formula is C29H42N4O6. The van der Waals surface area contributed by atoms with Gasteiger partial charge in [0, 0.05) is 31.0 Å². The largest absolute Gasteiger partial charge is 0.474 e. The number of nitrogens with one attached hydrogen (secondary N) is 1. The zero-order chi connectivity index (χ0) is 28.4. The normalized spacial score (nSPS) is 29.5. The third kappa shape index (κ3) is 6.36. The molecule has 5 atom stereocenters. The van der Waals surface area contributed by atoms with Crippen molar-refractivity contribution in [2.24, 2.45) is 17.8 Å². The van der Waals surface area contributed by atoms with E-state index in [4.69, 9.17) is 14.2 Å². The third-order valence-corrected chi connectivity index (χ3v) is 7.95. The number of aromatic nitrogens is 2. The first-order chi connectivity index (χ1) is 18.5. The van der Waals surface area contributed by atoms with Crippen LogP contribution in [-0.2, 0) is 24.5 Å². The fourth-order valence-corrected chi connectivity index (χ4v) is 5.55. The van der Waals surface area contributed by atoms with Crippen molar-refractivity contribution in [3.63, 3.8) is 0 Å². The molecule has 1 aliphatic heterocycles. The van der Waals surface area contributed by atoms with Crippen molar-refractivity contribution in [1.29, 1.82) is 0 Å². The molecule has 2 saturated carbocycles. The van der Waals surface area contributed by atoms with E-state index in [2.05, 4.69) is 21.4 Å². The van der Waals surface area contributed by atoms with Gasteiger partial charge in [-0.25, -0.2) is 4.79 Å². The second-order valence-electron chi connectivity index (χ2n) is 11.9. The van der Waals surface area contributed by atoms with Crippen LogP contribution in [0.3, 0.4) is 0 Å². The summed E-state index contributed by atoms with van der Waals surface area (Å²) in [5, 5.41) is 3.01. The summed E-state index contributed by atoms with van der Waals surface area (Å²) in [5.41, 5.74) is -0.569. The Balaban J connectivity index is 1.60. The molecule has 39 heavy (non-hydrogen) atoms. The first-order valence-corrected chi connectivity index (χ1v) is 14.0. The zero-order valence-electron chi connectivity index (χ0n) is 24.0. The van der Waals surface area contributed by atoms with Gasteiger partial charge in [0.1, 0.15) is 11.6 Å². The van der Waals surface area contributed by atoms with E-state index in [0.717, 1.165) is 25.0 Å². The Morgan fingerprint density at radius 2 is 1.92 bits per heavy atom. The average Bonchev–Trinajstić information content (AvgIpc) is 3.42. The van der Waals surface area contributed by atoms with Crippen molar-refractivity contribution >= 4 is 17.8 Å². The van der Waals surface area contributed by atoms with E-state index in [1.165, 1.54) is 7.11 Å². The molecule has 1 aromatic heterocycles. The maximum absolute atomic E-state index is 13.7. The molecule has 1 N–H and O–H groups in total. The molecule has 0 bridgehead atoms. The molecule has 10 heteroatoms. The molecule has 2 fully saturated rings. The van der Waals surface area contributed by atoms with Crippen LogP contribution in [0.1, 0.15) is 71.9 Å². The van der Waals surface area contributed by atoms with E-state index < -0.39 is 29.4 Å². The molecular weight excluding hydrogens is 500 g/mol. The average molecular weight is 543 g/mol. The molecule has 0 spiro atoms. The van der Waals surface area contributed by atoms with E-state index in [1.54, 1.807) is 24.9 Å². The topological polar surface area (TPSA) is 120 Å². The van der Waals surface area contributed by atoms with Gasteiger partial charge in [0.15, 0.2) is 0 Å². The Labute approximate surface area is 230 Å². The van der Waals surface area contributed by atoms with Crippen LogP contribution in [0.25, 0.3) is 0 Å². The summed E-state index contributed by atoms with van der Waals surface area (Å²) in [4.78, 5) is 50.8. The summed E-state index contributed by atoms with van der Waals surface area (Å²) >= 11 is 0. The number of amides is 2. The number of hydrogen-bond donors (Lipinski definition) is 1. The summed E-state index contributed by atoms with van der Waals surface area (Å²) < 4.78 is 16.9. The molecule has 2 heterocycles. The summed E-state index contributed by atoms with van der Waals surface area (Å²) in [6, 6.07) is 1.98. The minimum absolute atomic E-state index is 0.0815. The number of methoxy groups -OCH3 is 1. The van der Waals surface area contributed by atoms with E-state index in [1.807, 2.05) is 26.8 Å². The van der Waals surface area contributed by atoms with Crippen LogP contribution in [0, 0.1) is 17.8 Å². The van der Waals surface area contributed by atoms with Gasteiger partial charge in [0.25, 0.3) is 0 Å². The van der Waals surface area contributed by atoms with Crippen molar-refractivity contribution in [2.75, 3.05) is 27.3 Å². The van der Waals surface area contributed by atoms with Crippen molar-refractivity contribution in [3.8, 4) is 11.9 Å². The van der Waals surface area contributed by atoms with Gasteiger partial charge in [-0.3, -0.25) is 9.59 Å². The molecule has 5 unspecified atom stereocenters. The Kier molecular flexibility index (Phi) is 8.51. The SMILES string of the molecule is CCOC(=O)C12CC1C=CCCCCN(C)C(=O)C1CC(Oc3cc(C(C)(C)C)nc(OC)n3)CC1C(=O)N2. The number of nitrogens with zero attached hydrogens (tertiary/aromatic N) is 3. The maximum Gasteiger partial charge on any atom is 0.332 e. The van der Waals surface area contributed by atoms with Gasteiger partial charge in [-0.1, -0.05) is 32.9 Å². The van der Waals surface area contributed by atoms with Gasteiger partial charge in [0.2, 0.25) is 17.7 Å². The number of fused-ring (bicyclic) bond motifs is 2. The highest BCUT2D eigenvalue weighted by molar-refractivity contribution is 5.95. The van der Waals surface area contributed by atoms with Crippen LogP contribution in [0.4, 0.5) is 0 Å². The van der Waals surface area contributed by atoms with Crippen LogP contribution in [0.15, 0.2) is 18.2 Å². The van der Waals surface area contributed by atoms with Crippen LogP contribution in [0.5, 0.6) is 11.9 Å². The second kappa shape index (κ2) is 11.5. The highest BCUT2D eigenvalue weighted by Crippen LogP contribution is 2.47. The fraction of sp³-hybridized carbons (Fsp3) is 0.690. The van der Waals surface area contributed by atoms with Crippen molar-refractivity contribution in [2.45, 2.75) is 83.3 Å². The predicted molar refractivity (Wildman–Crippen MR) is 144 cm³/mol. The third-order valence-electron chi connectivity index (χ3n) is 7.95. The fourth-order valence-electron chi connectivity index (χ4n) is 5.55. The van der Waals surface area contributed by atoms with Gasteiger partial charge in [0.05, 0.1) is 31.2 Å². The number of hydrogen-bond acceptors (Lipinski definition) is 8. The number of rotatable bonds is 5. The van der Waals surface area contributed by atoms with Crippen LogP contribution in [-0.4, -0.2) is 71.6 Å². The molecule has 3 aliphatic rings. The summed E-state index contributed by atoms with van der Waals surface area (Å²) in [6.07, 6.45) is 7.51. The number of esters is 1. The zero-order valence-corrected chi connectivity index (χ0v) is 24.0. The lowest BCUT2D eigenvalue weighted by Gasteiger charge is -2.26. The molecule has 10 nitrogen and oxygen atoms in total. The predicted octanol–water partition coefficient (Wildman–Crippen LogP) is 3.19. The van der Waals surface area contributed by atoms with Gasteiger partial charge < -0.3 is 24.4 Å². The van der Waals surface area contributed by atoms with Gasteiger partial charge in [-0.2, -0.15) is 9.97 Å². The lowest BCUT2D eigenvalue weighted by molar-refractivity contribution is -0.150. The molecule has 0 aromatic carbocycles. The molecule has 4 rings (SSSR count). The maximum atomic E-state index is 13.7. The smallest absolute Gasteiger partial charge is 0.332 e. The van der Waals surface area contributed by atoms with E-state index >= 15 is 0 Å². The van der Waals surface area contributed by atoms with Gasteiger partial charge in [-0.05, 0) is 45.4 Å². The van der Waals surface area contributed by atoms with E-state index in [9.17, 15) is 14.4 Å². The van der Waals surface area contributed by atoms with Crippen LogP contribution < -0.4 is 14.8 Å². The number of carbonyl (C=O) groups is 3. The summed E-state index contributed by atoms with van der Waals surface area (Å²) in [7, 11) is 3.29. The monoisotopic (exact) mass is 542 g/mol. The first-order valence-electron chi connectivity index (χ1n) is 14.0. The minimum atomic E-state index is -1.08. The number of carbonyl (C=O) groups excluding carboxylic acids is 3. The van der Waals surface area contributed by atoms with E-state index in [-0.39, 0.29) is 35.8 Å². The number of allylic oxidation sites excluding steroid dienone is 1. The van der Waals surface area contributed by atoms with Crippen LogP contribution in [0.2, 0.25) is 0 Å². The highest BCUT2D eigenvalue weighted by Gasteiger charge is 2.62. The molecule has 0 radical (unpaired) electrons. The molecule has 1 aromatic rings. The Hall–Kier alpha value is -3.17. The molecule has 2 amide bonds. The highest BCUT2D eigenvalue weighted by atomic mass is 16.5. The van der Waals surface area contributed by atoms with Gasteiger partial charge >= 0.3 is 12.0 Å². The van der Waals surface area contributed by atoms with E-state index in [0.29, 0.717) is 31.7 Å². The second-order valence-corrected chi connectivity index (χ2v) is 11.9. The van der Waals surface area contributed by atoms with Gasteiger partial charge in [-0.15, -0.1) is 0 Å².